The van der Waals surface area contributed by atoms with Gasteiger partial charge >= 0.3 is 0 Å². The maximum Gasteiger partial charge on any atom is 0.264 e. The molecule has 3 aromatic rings. The highest BCUT2D eigenvalue weighted by molar-refractivity contribution is 7.92. The number of nitrogens with one attached hydrogen (secondary N) is 1. The molecule has 8 heteroatoms. The van der Waals surface area contributed by atoms with Gasteiger partial charge in [0.25, 0.3) is 16.0 Å². The summed E-state index contributed by atoms with van der Waals surface area (Å²) < 4.78 is 28.3. The molecule has 1 aromatic heterocycles. The summed E-state index contributed by atoms with van der Waals surface area (Å²) in [6, 6.07) is 15.4. The van der Waals surface area contributed by atoms with Crippen LogP contribution in [0.15, 0.2) is 65.8 Å². The van der Waals surface area contributed by atoms with Crippen molar-refractivity contribution in [3.63, 3.8) is 0 Å². The number of aromatic nitrogens is 3. The van der Waals surface area contributed by atoms with E-state index in [0.29, 0.717) is 11.6 Å². The van der Waals surface area contributed by atoms with Gasteiger partial charge in [-0.25, -0.2) is 17.8 Å². The van der Waals surface area contributed by atoms with Crippen LogP contribution in [0.5, 0.6) is 0 Å². The van der Waals surface area contributed by atoms with E-state index in [0.717, 1.165) is 5.56 Å². The molecule has 3 rings (SSSR count). The van der Waals surface area contributed by atoms with Gasteiger partial charge in [0.15, 0.2) is 0 Å². The third-order valence-electron chi connectivity index (χ3n) is 3.11. The molecule has 0 radical (unpaired) electrons. The van der Waals surface area contributed by atoms with Crippen molar-refractivity contribution in [3.05, 3.63) is 71.5 Å². The molecule has 0 bridgehead atoms. The van der Waals surface area contributed by atoms with Crippen LogP contribution in [-0.2, 0) is 16.6 Å². The zero-order valence-corrected chi connectivity index (χ0v) is 13.5. The predicted octanol–water partition coefficient (Wildman–Crippen LogP) is 2.78. The lowest BCUT2D eigenvalue weighted by molar-refractivity contribution is 0.600. The smallest absolute Gasteiger partial charge is 0.246 e. The summed E-state index contributed by atoms with van der Waals surface area (Å²) >= 11 is 6.09. The van der Waals surface area contributed by atoms with Gasteiger partial charge in [-0.05, 0) is 23.8 Å². The molecular weight excluding hydrogens is 336 g/mol. The van der Waals surface area contributed by atoms with Gasteiger partial charge < -0.3 is 0 Å². The van der Waals surface area contributed by atoms with Crippen LogP contribution in [0.25, 0.3) is 0 Å². The number of rotatable bonds is 5. The van der Waals surface area contributed by atoms with Crippen molar-refractivity contribution in [2.24, 2.45) is 0 Å². The van der Waals surface area contributed by atoms with Crippen LogP contribution in [0.1, 0.15) is 5.56 Å². The van der Waals surface area contributed by atoms with Gasteiger partial charge in [-0.1, -0.05) is 48.0 Å². The van der Waals surface area contributed by atoms with Crippen LogP contribution in [0.3, 0.4) is 0 Å². The number of halogens is 1. The van der Waals surface area contributed by atoms with Gasteiger partial charge in [0.05, 0.1) is 11.4 Å². The molecule has 1 N–H and O–H groups in total. The molecule has 1 heterocycles. The molecule has 23 heavy (non-hydrogen) atoms. The first-order chi connectivity index (χ1) is 11.0. The molecule has 0 aliphatic heterocycles. The van der Waals surface area contributed by atoms with Crippen LogP contribution in [0, 0.1) is 0 Å². The first-order valence-electron chi connectivity index (χ1n) is 6.75. The van der Waals surface area contributed by atoms with Crippen molar-refractivity contribution in [3.8, 4) is 0 Å². The second-order valence-electron chi connectivity index (χ2n) is 4.78. The van der Waals surface area contributed by atoms with Crippen molar-refractivity contribution in [1.29, 1.82) is 0 Å². The Hall–Kier alpha value is -2.38. The summed E-state index contributed by atoms with van der Waals surface area (Å²) in [7, 11) is -3.70. The summed E-state index contributed by atoms with van der Waals surface area (Å²) in [5, 5.41) is 4.73. The first kappa shape index (κ1) is 15.5. The number of hydrogen-bond donors (Lipinski definition) is 1. The fourth-order valence-electron chi connectivity index (χ4n) is 2.00. The molecule has 0 spiro atoms. The van der Waals surface area contributed by atoms with Crippen molar-refractivity contribution in [1.82, 2.24) is 14.8 Å². The van der Waals surface area contributed by atoms with E-state index in [1.807, 2.05) is 18.2 Å². The van der Waals surface area contributed by atoms with E-state index < -0.39 is 10.0 Å². The molecule has 0 atom stereocenters. The minimum absolute atomic E-state index is 0.0147. The summed E-state index contributed by atoms with van der Waals surface area (Å²) in [6.07, 6.45) is 1.45. The minimum Gasteiger partial charge on any atom is -0.246 e. The van der Waals surface area contributed by atoms with Crippen molar-refractivity contribution in [2.45, 2.75) is 11.4 Å². The first-order valence-corrected chi connectivity index (χ1v) is 8.61. The van der Waals surface area contributed by atoms with Crippen LogP contribution in [0.2, 0.25) is 5.02 Å². The normalized spacial score (nSPS) is 11.3. The van der Waals surface area contributed by atoms with Crippen LogP contribution >= 0.6 is 11.6 Å². The Balaban J connectivity index is 1.77. The van der Waals surface area contributed by atoms with E-state index in [1.54, 1.807) is 24.3 Å². The number of benzene rings is 2. The summed E-state index contributed by atoms with van der Waals surface area (Å²) in [4.78, 5) is 4.13. The van der Waals surface area contributed by atoms with E-state index in [-0.39, 0.29) is 10.8 Å². The maximum atomic E-state index is 12.2. The zero-order chi connectivity index (χ0) is 16.3. The second-order valence-corrected chi connectivity index (χ2v) is 6.87. The highest BCUT2D eigenvalue weighted by Crippen LogP contribution is 2.16. The van der Waals surface area contributed by atoms with Crippen molar-refractivity contribution >= 4 is 27.6 Å². The zero-order valence-electron chi connectivity index (χ0n) is 11.9. The number of nitrogens with zero attached hydrogens (tertiary/aromatic N) is 3. The fourth-order valence-corrected chi connectivity index (χ4v) is 3.16. The Morgan fingerprint density at radius 2 is 1.74 bits per heavy atom. The molecule has 0 amide bonds. The van der Waals surface area contributed by atoms with E-state index in [1.165, 1.54) is 23.1 Å². The Morgan fingerprint density at radius 1 is 1.04 bits per heavy atom. The van der Waals surface area contributed by atoms with Gasteiger partial charge in [0, 0.05) is 5.02 Å². The Bertz CT molecular complexity index is 910. The van der Waals surface area contributed by atoms with Crippen LogP contribution < -0.4 is 4.72 Å². The summed E-state index contributed by atoms with van der Waals surface area (Å²) in [6.45, 7) is 0.403. The average Bonchev–Trinajstić information content (AvgIpc) is 2.97. The maximum absolute atomic E-state index is 12.2. The third-order valence-corrected chi connectivity index (χ3v) is 4.82. The largest absolute Gasteiger partial charge is 0.264 e. The summed E-state index contributed by atoms with van der Waals surface area (Å²) in [5.74, 6) is 0.0147. The molecule has 118 valence electrons. The van der Waals surface area contributed by atoms with Gasteiger partial charge in [0.1, 0.15) is 6.33 Å². The van der Waals surface area contributed by atoms with Gasteiger partial charge in [0.2, 0.25) is 0 Å². The Kier molecular flexibility index (Phi) is 4.31. The van der Waals surface area contributed by atoms with Crippen LogP contribution in [0.4, 0.5) is 5.95 Å². The molecule has 2 aromatic carbocycles. The second kappa shape index (κ2) is 6.39. The molecular formula is C15H13ClN4O2S. The van der Waals surface area contributed by atoms with Gasteiger partial charge in [-0.15, -0.1) is 5.10 Å². The lowest BCUT2D eigenvalue weighted by atomic mass is 10.2. The van der Waals surface area contributed by atoms with Gasteiger partial charge in [-0.3, -0.25) is 0 Å². The standard InChI is InChI=1S/C15H13ClN4O2S/c16-14-9-5-4-6-12(14)10-20-11-17-15(18-20)19-23(21,22)13-7-2-1-3-8-13/h1-9,11H,10H2,(H,18,19). The average molecular weight is 349 g/mol. The van der Waals surface area contributed by atoms with Gasteiger partial charge in [-0.2, -0.15) is 4.98 Å². The van der Waals surface area contributed by atoms with E-state index in [4.69, 9.17) is 11.6 Å². The molecule has 0 aliphatic rings. The lowest BCUT2D eigenvalue weighted by Gasteiger charge is -2.04. The van der Waals surface area contributed by atoms with Crippen molar-refractivity contribution < 1.29 is 8.42 Å². The van der Waals surface area contributed by atoms with Crippen molar-refractivity contribution in [2.75, 3.05) is 4.72 Å². The molecule has 0 fully saturated rings. The lowest BCUT2D eigenvalue weighted by Crippen LogP contribution is -2.14. The minimum atomic E-state index is -3.70. The monoisotopic (exact) mass is 348 g/mol. The summed E-state index contributed by atoms with van der Waals surface area (Å²) in [5.41, 5.74) is 0.872. The number of hydrogen-bond acceptors (Lipinski definition) is 4. The highest BCUT2D eigenvalue weighted by atomic mass is 35.5. The highest BCUT2D eigenvalue weighted by Gasteiger charge is 2.16. The molecule has 6 nitrogen and oxygen atoms in total. The third kappa shape index (κ3) is 3.69. The molecule has 0 saturated carbocycles. The molecule has 0 saturated heterocycles. The molecule has 0 aliphatic carbocycles. The fraction of sp³-hybridized carbons (Fsp3) is 0.0667. The van der Waals surface area contributed by atoms with E-state index in [9.17, 15) is 8.42 Å². The quantitative estimate of drug-likeness (QED) is 0.769. The Morgan fingerprint density at radius 3 is 2.48 bits per heavy atom. The SMILES string of the molecule is O=S(=O)(Nc1ncn(Cc2ccccc2Cl)n1)c1ccccc1. The number of sulfonamides is 1. The van der Waals surface area contributed by atoms with E-state index in [2.05, 4.69) is 14.8 Å². The molecule has 0 unspecified atom stereocenters. The predicted molar refractivity (Wildman–Crippen MR) is 87.8 cm³/mol. The topological polar surface area (TPSA) is 76.9 Å². The Labute approximate surface area is 138 Å². The van der Waals surface area contributed by atoms with E-state index >= 15 is 0 Å². The van der Waals surface area contributed by atoms with Crippen LogP contribution in [-0.4, -0.2) is 23.2 Å². The number of anilines is 1.